The van der Waals surface area contributed by atoms with Crippen LogP contribution in [0.2, 0.25) is 0 Å². The molecule has 0 spiro atoms. The van der Waals surface area contributed by atoms with Crippen LogP contribution in [0, 0.1) is 0 Å². The first-order valence-corrected chi connectivity index (χ1v) is 7.31. The molecule has 0 heterocycles. The minimum Gasteiger partial charge on any atom is -0.256 e. The molecule has 1 heteroatoms. The van der Waals surface area contributed by atoms with Crippen LogP contribution in [-0.4, -0.2) is 6.21 Å². The Labute approximate surface area is 126 Å². The fourth-order valence-electron chi connectivity index (χ4n) is 2.65. The first kappa shape index (κ1) is 13.6. The van der Waals surface area contributed by atoms with E-state index >= 15 is 0 Å². The third-order valence-electron chi connectivity index (χ3n) is 4.05. The molecule has 3 rings (SSSR count). The summed E-state index contributed by atoms with van der Waals surface area (Å²) in [6.07, 6.45) is 5.29. The van der Waals surface area contributed by atoms with Gasteiger partial charge in [-0.1, -0.05) is 54.1 Å². The highest BCUT2D eigenvalue weighted by Crippen LogP contribution is 2.34. The van der Waals surface area contributed by atoms with Gasteiger partial charge in [0.25, 0.3) is 0 Å². The summed E-state index contributed by atoms with van der Waals surface area (Å²) in [5, 5.41) is 0. The molecule has 1 nitrogen and oxygen atoms in total. The van der Waals surface area contributed by atoms with Gasteiger partial charge < -0.3 is 0 Å². The van der Waals surface area contributed by atoms with Gasteiger partial charge in [-0.3, -0.25) is 4.99 Å². The molecule has 1 aliphatic carbocycles. The summed E-state index contributed by atoms with van der Waals surface area (Å²) in [5.41, 5.74) is 7.67. The summed E-state index contributed by atoms with van der Waals surface area (Å²) < 4.78 is 0. The van der Waals surface area contributed by atoms with Crippen LogP contribution in [0.25, 0.3) is 5.57 Å². The minimum atomic E-state index is 0.985. The van der Waals surface area contributed by atoms with Gasteiger partial charge in [0.05, 0.1) is 5.69 Å². The predicted molar refractivity (Wildman–Crippen MR) is 91.1 cm³/mol. The van der Waals surface area contributed by atoms with Gasteiger partial charge in [0.2, 0.25) is 0 Å². The SMILES string of the molecule is CC1=CCC(c2ccccc2/C=N/c2ccccc2)=C1C. The molecule has 0 saturated carbocycles. The molecule has 2 aromatic carbocycles. The minimum absolute atomic E-state index is 0.985. The molecule has 0 saturated heterocycles. The maximum atomic E-state index is 4.59. The molecule has 0 atom stereocenters. The van der Waals surface area contributed by atoms with E-state index in [1.807, 2.05) is 36.5 Å². The highest BCUT2D eigenvalue weighted by atomic mass is 14.7. The van der Waals surface area contributed by atoms with Crippen molar-refractivity contribution in [2.45, 2.75) is 20.3 Å². The molecule has 0 bridgehead atoms. The number of para-hydroxylation sites is 1. The van der Waals surface area contributed by atoms with Gasteiger partial charge in [-0.25, -0.2) is 0 Å². The molecule has 1 aliphatic rings. The summed E-state index contributed by atoms with van der Waals surface area (Å²) >= 11 is 0. The Morgan fingerprint density at radius 2 is 1.62 bits per heavy atom. The molecule has 0 unspecified atom stereocenters. The fraction of sp³-hybridized carbons (Fsp3) is 0.150. The van der Waals surface area contributed by atoms with Crippen molar-refractivity contribution in [1.82, 2.24) is 0 Å². The normalized spacial score (nSPS) is 14.9. The van der Waals surface area contributed by atoms with Gasteiger partial charge in [-0.15, -0.1) is 0 Å². The summed E-state index contributed by atoms with van der Waals surface area (Å²) in [4.78, 5) is 4.59. The van der Waals surface area contributed by atoms with E-state index < -0.39 is 0 Å². The van der Waals surface area contributed by atoms with Crippen molar-refractivity contribution in [3.8, 4) is 0 Å². The summed E-state index contributed by atoms with van der Waals surface area (Å²) in [7, 11) is 0. The maximum absolute atomic E-state index is 4.59. The highest BCUT2D eigenvalue weighted by molar-refractivity contribution is 5.91. The zero-order valence-corrected chi connectivity index (χ0v) is 12.5. The van der Waals surface area contributed by atoms with Crippen LogP contribution < -0.4 is 0 Å². The summed E-state index contributed by atoms with van der Waals surface area (Å²) in [6, 6.07) is 18.6. The summed E-state index contributed by atoms with van der Waals surface area (Å²) in [5.74, 6) is 0. The maximum Gasteiger partial charge on any atom is 0.0629 e. The standard InChI is InChI=1S/C20H19N/c1-15-12-13-19(16(15)2)20-11-7-6-8-17(20)14-21-18-9-4-3-5-10-18/h3-12,14H,13H2,1-2H3/b21-14+. The lowest BCUT2D eigenvalue weighted by atomic mass is 9.96. The quantitative estimate of drug-likeness (QED) is 0.649. The van der Waals surface area contributed by atoms with Crippen LogP contribution in [-0.2, 0) is 0 Å². The van der Waals surface area contributed by atoms with E-state index in [1.165, 1.54) is 27.8 Å². The van der Waals surface area contributed by atoms with Crippen molar-refractivity contribution in [2.75, 3.05) is 0 Å². The first-order valence-electron chi connectivity index (χ1n) is 7.31. The number of benzene rings is 2. The zero-order valence-electron chi connectivity index (χ0n) is 12.5. The van der Waals surface area contributed by atoms with Crippen LogP contribution in [0.15, 0.2) is 76.8 Å². The first-order chi connectivity index (χ1) is 10.3. The Balaban J connectivity index is 1.96. The lowest BCUT2D eigenvalue weighted by molar-refractivity contribution is 1.38. The Morgan fingerprint density at radius 3 is 2.33 bits per heavy atom. The Hall–Kier alpha value is -2.41. The second-order valence-electron chi connectivity index (χ2n) is 5.38. The second-order valence-corrected chi connectivity index (χ2v) is 5.38. The second kappa shape index (κ2) is 5.92. The van der Waals surface area contributed by atoms with Crippen LogP contribution in [0.5, 0.6) is 0 Å². The van der Waals surface area contributed by atoms with Crippen LogP contribution in [0.1, 0.15) is 31.4 Å². The number of hydrogen-bond donors (Lipinski definition) is 0. The van der Waals surface area contributed by atoms with E-state index in [1.54, 1.807) is 0 Å². The van der Waals surface area contributed by atoms with Crippen molar-refractivity contribution < 1.29 is 0 Å². The van der Waals surface area contributed by atoms with Crippen molar-refractivity contribution in [3.05, 3.63) is 82.9 Å². The molecule has 0 N–H and O–H groups in total. The van der Waals surface area contributed by atoms with E-state index in [2.05, 4.69) is 49.2 Å². The van der Waals surface area contributed by atoms with Crippen molar-refractivity contribution in [3.63, 3.8) is 0 Å². The van der Waals surface area contributed by atoms with Crippen molar-refractivity contribution in [2.24, 2.45) is 4.99 Å². The van der Waals surface area contributed by atoms with E-state index in [0.29, 0.717) is 0 Å². The molecule has 21 heavy (non-hydrogen) atoms. The molecule has 0 aromatic heterocycles. The third kappa shape index (κ3) is 2.87. The fourth-order valence-corrected chi connectivity index (χ4v) is 2.65. The van der Waals surface area contributed by atoms with Gasteiger partial charge in [-0.2, -0.15) is 0 Å². The van der Waals surface area contributed by atoms with Gasteiger partial charge in [0.1, 0.15) is 0 Å². The molecule has 0 amide bonds. The van der Waals surface area contributed by atoms with E-state index in [-0.39, 0.29) is 0 Å². The Kier molecular flexibility index (Phi) is 3.83. The molecule has 0 fully saturated rings. The Morgan fingerprint density at radius 1 is 0.905 bits per heavy atom. The molecule has 104 valence electrons. The lowest BCUT2D eigenvalue weighted by Crippen LogP contribution is -1.92. The van der Waals surface area contributed by atoms with E-state index in [9.17, 15) is 0 Å². The van der Waals surface area contributed by atoms with Gasteiger partial charge >= 0.3 is 0 Å². The molecular formula is C20H19N. The van der Waals surface area contributed by atoms with Crippen LogP contribution >= 0.6 is 0 Å². The summed E-state index contributed by atoms with van der Waals surface area (Å²) in [6.45, 7) is 4.39. The Bertz CT molecular complexity index is 733. The average Bonchev–Trinajstić information content (AvgIpc) is 2.86. The van der Waals surface area contributed by atoms with Gasteiger partial charge in [0.15, 0.2) is 0 Å². The average molecular weight is 273 g/mol. The number of rotatable bonds is 3. The smallest absolute Gasteiger partial charge is 0.0629 e. The molecule has 2 aromatic rings. The largest absolute Gasteiger partial charge is 0.256 e. The number of nitrogens with zero attached hydrogens (tertiary/aromatic N) is 1. The lowest BCUT2D eigenvalue weighted by Gasteiger charge is -2.09. The van der Waals surface area contributed by atoms with Gasteiger partial charge in [0, 0.05) is 11.8 Å². The number of aliphatic imine (C=N–C) groups is 1. The van der Waals surface area contributed by atoms with Crippen LogP contribution in [0.3, 0.4) is 0 Å². The predicted octanol–water partition coefficient (Wildman–Crippen LogP) is 5.56. The van der Waals surface area contributed by atoms with Crippen molar-refractivity contribution in [1.29, 1.82) is 0 Å². The topological polar surface area (TPSA) is 12.4 Å². The zero-order chi connectivity index (χ0) is 14.7. The highest BCUT2D eigenvalue weighted by Gasteiger charge is 2.14. The molecular weight excluding hydrogens is 254 g/mol. The molecule has 0 aliphatic heterocycles. The van der Waals surface area contributed by atoms with E-state index in [0.717, 1.165) is 12.1 Å². The van der Waals surface area contributed by atoms with Crippen molar-refractivity contribution >= 4 is 17.5 Å². The van der Waals surface area contributed by atoms with Crippen LogP contribution in [0.4, 0.5) is 5.69 Å². The molecule has 0 radical (unpaired) electrons. The third-order valence-corrected chi connectivity index (χ3v) is 4.05. The number of hydrogen-bond acceptors (Lipinski definition) is 1. The van der Waals surface area contributed by atoms with E-state index in [4.69, 9.17) is 0 Å². The monoisotopic (exact) mass is 273 g/mol. The number of allylic oxidation sites excluding steroid dienone is 4. The van der Waals surface area contributed by atoms with Gasteiger partial charge in [-0.05, 0) is 49.1 Å².